The largest absolute Gasteiger partial charge is 0.500 e. The fourth-order valence-electron chi connectivity index (χ4n) is 7.84. The van der Waals surface area contributed by atoms with E-state index in [2.05, 4.69) is 138 Å². The van der Waals surface area contributed by atoms with Crippen LogP contribution in [0, 0.1) is 0 Å². The first kappa shape index (κ1) is 19.6. The number of aromatic nitrogens is 5. The van der Waals surface area contributed by atoms with Crippen molar-refractivity contribution in [1.29, 1.82) is 0 Å². The van der Waals surface area contributed by atoms with Crippen LogP contribution in [0.1, 0.15) is 5.56 Å². The van der Waals surface area contributed by atoms with Gasteiger partial charge < -0.3 is 4.74 Å². The Kier molecular flexibility index (Phi) is 3.04. The van der Waals surface area contributed by atoms with Gasteiger partial charge in [0.2, 0.25) is 5.56 Å². The molecule has 1 unspecified atom stereocenters. The number of hydrogen-bond acceptors (Lipinski definition) is 1. The summed E-state index contributed by atoms with van der Waals surface area (Å²) in [7, 11) is 0. The van der Waals surface area contributed by atoms with Crippen molar-refractivity contribution in [1.82, 2.24) is 9.13 Å². The van der Waals surface area contributed by atoms with E-state index < -0.39 is 5.79 Å². The summed E-state index contributed by atoms with van der Waals surface area (Å²) in [5.74, 6) is 0.864. The second kappa shape index (κ2) is 6.21. The van der Waals surface area contributed by atoms with Gasteiger partial charge in [-0.3, -0.25) is 0 Å². The minimum absolute atomic E-state index is 0.760. The molecule has 40 heavy (non-hydrogen) atoms. The lowest BCUT2D eigenvalue weighted by molar-refractivity contribution is -1.16. The maximum Gasteiger partial charge on any atom is 0.500 e. The molecular weight excluding hydrogens is 494 g/mol. The van der Waals surface area contributed by atoms with Crippen molar-refractivity contribution in [3.05, 3.63) is 127 Å². The molecule has 1 atom stereocenters. The maximum atomic E-state index is 6.68. The first-order valence-electron chi connectivity index (χ1n) is 13.6. The van der Waals surface area contributed by atoms with Crippen molar-refractivity contribution < 1.29 is 18.4 Å². The Bertz CT molecular complexity index is 2490. The molecule has 0 amide bonds. The molecule has 0 saturated carbocycles. The van der Waals surface area contributed by atoms with Gasteiger partial charge in [0.25, 0.3) is 0 Å². The van der Waals surface area contributed by atoms with Crippen LogP contribution in [0.4, 0.5) is 0 Å². The van der Waals surface area contributed by atoms with Crippen molar-refractivity contribution in [2.45, 2.75) is 5.79 Å². The van der Waals surface area contributed by atoms with Crippen LogP contribution < -0.4 is 18.4 Å². The Balaban J connectivity index is 1.52. The molecule has 0 bridgehead atoms. The summed E-state index contributed by atoms with van der Waals surface area (Å²) in [6, 6.07) is 39.2. The van der Waals surface area contributed by atoms with E-state index in [1.165, 1.54) is 49.5 Å². The van der Waals surface area contributed by atoms with Gasteiger partial charge in [-0.1, -0.05) is 39.5 Å². The lowest BCUT2D eigenvalue weighted by Gasteiger charge is -2.35. The van der Waals surface area contributed by atoms with E-state index in [9.17, 15) is 0 Å². The molecule has 0 aliphatic carbocycles. The molecular formula is C34H20N5O+3. The van der Waals surface area contributed by atoms with E-state index in [1.807, 2.05) is 6.07 Å². The molecule has 8 aromatic rings. The van der Waals surface area contributed by atoms with E-state index in [0.717, 1.165) is 23.1 Å². The first-order chi connectivity index (χ1) is 19.9. The average molecular weight is 515 g/mol. The molecule has 184 valence electrons. The molecule has 0 N–H and O–H groups in total. The Morgan fingerprint density at radius 3 is 1.95 bits per heavy atom. The summed E-state index contributed by atoms with van der Waals surface area (Å²) in [6.45, 7) is 0. The van der Waals surface area contributed by atoms with Crippen LogP contribution in [0.3, 0.4) is 0 Å². The zero-order chi connectivity index (χ0) is 25.7. The molecule has 0 fully saturated rings. The highest BCUT2D eigenvalue weighted by molar-refractivity contribution is 6.09. The van der Waals surface area contributed by atoms with E-state index >= 15 is 0 Å². The third kappa shape index (κ3) is 1.84. The summed E-state index contributed by atoms with van der Waals surface area (Å²) in [5.41, 5.74) is 8.26. The fraction of sp³-hybridized carbons (Fsp3) is 0.0294. The van der Waals surface area contributed by atoms with Crippen molar-refractivity contribution in [2.75, 3.05) is 0 Å². The van der Waals surface area contributed by atoms with Gasteiger partial charge in [0.1, 0.15) is 17.2 Å². The monoisotopic (exact) mass is 514 g/mol. The second-order valence-corrected chi connectivity index (χ2v) is 10.9. The van der Waals surface area contributed by atoms with Crippen LogP contribution in [-0.4, -0.2) is 9.13 Å². The van der Waals surface area contributed by atoms with Gasteiger partial charge in [-0.05, 0) is 60.7 Å². The molecule has 6 nitrogen and oxygen atoms in total. The quantitative estimate of drug-likeness (QED) is 0.255. The summed E-state index contributed by atoms with van der Waals surface area (Å²) in [6.07, 6.45) is 4.40. The van der Waals surface area contributed by atoms with Gasteiger partial charge in [-0.2, -0.15) is 9.13 Å². The van der Waals surface area contributed by atoms with Crippen LogP contribution in [0.2, 0.25) is 0 Å². The van der Waals surface area contributed by atoms with Crippen LogP contribution >= 0.6 is 0 Å². The van der Waals surface area contributed by atoms with Crippen molar-refractivity contribution in [3.8, 4) is 23.1 Å². The van der Waals surface area contributed by atoms with Gasteiger partial charge in [0.15, 0.2) is 17.6 Å². The fourth-order valence-corrected chi connectivity index (χ4v) is 7.84. The molecule has 3 aliphatic rings. The van der Waals surface area contributed by atoms with E-state index in [0.29, 0.717) is 0 Å². The van der Waals surface area contributed by atoms with Gasteiger partial charge >= 0.3 is 28.8 Å². The number of benzene rings is 3. The van der Waals surface area contributed by atoms with Gasteiger partial charge in [0, 0.05) is 22.9 Å². The van der Waals surface area contributed by atoms with Gasteiger partial charge in [-0.15, -0.1) is 4.57 Å². The molecule has 0 radical (unpaired) electrons. The van der Waals surface area contributed by atoms with E-state index in [4.69, 9.17) is 4.74 Å². The van der Waals surface area contributed by atoms with Crippen LogP contribution in [-0.2, 0) is 5.79 Å². The number of hydrogen-bond donors (Lipinski definition) is 0. The zero-order valence-electron chi connectivity index (χ0n) is 21.2. The minimum atomic E-state index is -0.760. The summed E-state index contributed by atoms with van der Waals surface area (Å²) < 4.78 is 18.8. The number of para-hydroxylation sites is 2. The van der Waals surface area contributed by atoms with E-state index in [-0.39, 0.29) is 0 Å². The molecule has 0 saturated heterocycles. The Morgan fingerprint density at radius 1 is 0.500 bits per heavy atom. The topological polar surface area (TPSA) is 30.7 Å². The number of nitrogens with zero attached hydrogens (tertiary/aromatic N) is 5. The zero-order valence-corrected chi connectivity index (χ0v) is 21.2. The minimum Gasteiger partial charge on any atom is -0.367 e. The first-order valence-corrected chi connectivity index (χ1v) is 13.6. The predicted molar refractivity (Wildman–Crippen MR) is 150 cm³/mol. The highest BCUT2D eigenvalue weighted by atomic mass is 16.5. The third-order valence-corrected chi connectivity index (χ3v) is 9.18. The van der Waals surface area contributed by atoms with Crippen molar-refractivity contribution >= 4 is 43.9 Å². The lowest BCUT2D eigenvalue weighted by atomic mass is 9.95. The predicted octanol–water partition coefficient (Wildman–Crippen LogP) is 5.23. The highest BCUT2D eigenvalue weighted by Crippen LogP contribution is 2.46. The Hall–Kier alpha value is -5.49. The van der Waals surface area contributed by atoms with E-state index in [1.54, 1.807) is 0 Å². The van der Waals surface area contributed by atoms with Gasteiger partial charge in [0.05, 0.1) is 16.8 Å². The molecule has 11 rings (SSSR count). The summed E-state index contributed by atoms with van der Waals surface area (Å²) in [4.78, 5) is 0. The van der Waals surface area contributed by atoms with Crippen molar-refractivity contribution in [2.24, 2.45) is 0 Å². The molecule has 1 spiro atoms. The van der Waals surface area contributed by atoms with Crippen LogP contribution in [0.15, 0.2) is 122 Å². The van der Waals surface area contributed by atoms with Crippen LogP contribution in [0.25, 0.3) is 55.2 Å². The third-order valence-electron chi connectivity index (χ3n) is 9.18. The highest BCUT2D eigenvalue weighted by Gasteiger charge is 2.70. The number of pyridine rings is 3. The maximum absolute atomic E-state index is 6.68. The Morgan fingerprint density at radius 2 is 1.15 bits per heavy atom. The smallest absolute Gasteiger partial charge is 0.367 e. The standard InChI is InChI=1S/C34H20N5O/c1-3-12-25-21(9-1)23-11-8-20-36-32(23)37(25)27-14-7-15-28-31(27)34(36)35-19-6-5-16-29(35)40-30-18-17-24-22-10-2-4-13-26(22)38(28)33(24)39(30)34/h1-20H/q+3. The SMILES string of the molecule is c1cc2c3c(c1)-n1c4ccccc4c4ccc5[n+](c41)C3([n+]1ccccc1O5)[n+]1cccc3c4ccccc4n-2c31. The molecule has 3 aliphatic heterocycles. The number of rotatable bonds is 0. The summed E-state index contributed by atoms with van der Waals surface area (Å²) >= 11 is 0. The molecule has 3 aromatic carbocycles. The molecule has 6 heteroatoms. The Labute approximate surface area is 227 Å². The second-order valence-electron chi connectivity index (χ2n) is 10.9. The molecule has 8 heterocycles. The van der Waals surface area contributed by atoms with Crippen molar-refractivity contribution in [3.63, 3.8) is 0 Å². The summed E-state index contributed by atoms with van der Waals surface area (Å²) in [5, 5.41) is 4.92. The normalized spacial score (nSPS) is 17.3. The van der Waals surface area contributed by atoms with Gasteiger partial charge in [-0.25, -0.2) is 0 Å². The average Bonchev–Trinajstić information content (AvgIpc) is 3.53. The number of ether oxygens (including phenoxy) is 1. The lowest BCUT2D eigenvalue weighted by Crippen LogP contribution is -2.90. The number of fused-ring (bicyclic) bond motifs is 9. The van der Waals surface area contributed by atoms with Crippen LogP contribution in [0.5, 0.6) is 11.8 Å². The molecule has 5 aromatic heterocycles.